The van der Waals surface area contributed by atoms with Gasteiger partial charge in [0.1, 0.15) is 5.75 Å². The van der Waals surface area contributed by atoms with Crippen molar-refractivity contribution in [2.24, 2.45) is 0 Å². The molecule has 2 N–H and O–H groups in total. The van der Waals surface area contributed by atoms with E-state index in [4.69, 9.17) is 0 Å². The summed E-state index contributed by atoms with van der Waals surface area (Å²) in [5.74, 6) is 0.211. The number of nitrogens with zero attached hydrogens (tertiary/aromatic N) is 2. The van der Waals surface area contributed by atoms with Gasteiger partial charge in [-0.3, -0.25) is 9.88 Å². The summed E-state index contributed by atoms with van der Waals surface area (Å²) in [7, 11) is 1.98. The van der Waals surface area contributed by atoms with E-state index in [9.17, 15) is 10.2 Å². The Labute approximate surface area is 125 Å². The molecule has 1 heterocycles. The average Bonchev–Trinajstić information content (AvgIpc) is 2.49. The molecule has 0 fully saturated rings. The zero-order chi connectivity index (χ0) is 15.2. The highest BCUT2D eigenvalue weighted by Gasteiger charge is 2.18. The standard InChI is InChI=1S/C17H22N2O2/c1-13-8-9-17(21)15(18-13)12-19(2)16(10-11-20)14-6-4-3-5-7-14/h3-9,16,20-21H,10-12H2,1-2H3/t16-/m0/s1. The molecule has 1 atom stereocenters. The summed E-state index contributed by atoms with van der Waals surface area (Å²) in [4.78, 5) is 6.50. The lowest BCUT2D eigenvalue weighted by atomic mass is 10.0. The van der Waals surface area contributed by atoms with E-state index in [1.807, 2.05) is 32.2 Å². The molecule has 0 aliphatic carbocycles. The van der Waals surface area contributed by atoms with Gasteiger partial charge in [0.05, 0.1) is 5.69 Å². The fourth-order valence-electron chi connectivity index (χ4n) is 2.50. The number of aromatic hydroxyl groups is 1. The second kappa shape index (κ2) is 7.20. The minimum absolute atomic E-state index is 0.0953. The summed E-state index contributed by atoms with van der Waals surface area (Å²) in [5.41, 5.74) is 2.70. The summed E-state index contributed by atoms with van der Waals surface area (Å²) in [6.45, 7) is 2.57. The minimum Gasteiger partial charge on any atom is -0.506 e. The summed E-state index contributed by atoms with van der Waals surface area (Å²) in [6.07, 6.45) is 0.646. The third-order valence-corrected chi connectivity index (χ3v) is 3.61. The van der Waals surface area contributed by atoms with Gasteiger partial charge >= 0.3 is 0 Å². The summed E-state index contributed by atoms with van der Waals surface area (Å²) >= 11 is 0. The number of hydrogen-bond donors (Lipinski definition) is 2. The number of aryl methyl sites for hydroxylation is 1. The minimum atomic E-state index is 0.0953. The van der Waals surface area contributed by atoms with Gasteiger partial charge in [-0.2, -0.15) is 0 Å². The number of benzene rings is 1. The summed E-state index contributed by atoms with van der Waals surface area (Å²) in [6, 6.07) is 13.6. The zero-order valence-corrected chi connectivity index (χ0v) is 12.5. The molecule has 0 bridgehead atoms. The monoisotopic (exact) mass is 286 g/mol. The molecule has 0 amide bonds. The van der Waals surface area contributed by atoms with Crippen molar-refractivity contribution >= 4 is 0 Å². The molecule has 1 aromatic carbocycles. The molecule has 2 rings (SSSR count). The Morgan fingerprint density at radius 3 is 2.52 bits per heavy atom. The van der Waals surface area contributed by atoms with E-state index in [1.165, 1.54) is 0 Å². The van der Waals surface area contributed by atoms with Crippen LogP contribution in [0.4, 0.5) is 0 Å². The van der Waals surface area contributed by atoms with Gasteiger partial charge in [0.2, 0.25) is 0 Å². The Bertz CT molecular complexity index is 572. The Hall–Kier alpha value is -1.91. The van der Waals surface area contributed by atoms with Crippen molar-refractivity contribution in [3.63, 3.8) is 0 Å². The Morgan fingerprint density at radius 1 is 1.14 bits per heavy atom. The van der Waals surface area contributed by atoms with Crippen molar-refractivity contribution < 1.29 is 10.2 Å². The zero-order valence-electron chi connectivity index (χ0n) is 12.5. The van der Waals surface area contributed by atoms with Crippen LogP contribution in [0.1, 0.15) is 29.4 Å². The number of aromatic nitrogens is 1. The van der Waals surface area contributed by atoms with Gasteiger partial charge in [-0.15, -0.1) is 0 Å². The van der Waals surface area contributed by atoms with E-state index >= 15 is 0 Å². The van der Waals surface area contributed by atoms with E-state index in [0.29, 0.717) is 18.7 Å². The highest BCUT2D eigenvalue weighted by molar-refractivity contribution is 5.28. The van der Waals surface area contributed by atoms with E-state index in [-0.39, 0.29) is 18.4 Å². The quantitative estimate of drug-likeness (QED) is 0.857. The molecule has 0 spiro atoms. The van der Waals surface area contributed by atoms with Crippen molar-refractivity contribution in [2.45, 2.75) is 25.9 Å². The van der Waals surface area contributed by atoms with Gasteiger partial charge in [0.15, 0.2) is 0 Å². The van der Waals surface area contributed by atoms with Gasteiger partial charge in [-0.05, 0) is 38.1 Å². The van der Waals surface area contributed by atoms with Gasteiger partial charge in [0, 0.05) is 24.9 Å². The van der Waals surface area contributed by atoms with Gasteiger partial charge in [-0.25, -0.2) is 0 Å². The van der Waals surface area contributed by atoms with E-state index < -0.39 is 0 Å². The molecule has 0 aliphatic rings. The number of aliphatic hydroxyl groups excluding tert-OH is 1. The van der Waals surface area contributed by atoms with Crippen LogP contribution >= 0.6 is 0 Å². The summed E-state index contributed by atoms with van der Waals surface area (Å²) < 4.78 is 0. The Morgan fingerprint density at radius 2 is 1.86 bits per heavy atom. The number of hydrogen-bond acceptors (Lipinski definition) is 4. The smallest absolute Gasteiger partial charge is 0.138 e. The van der Waals surface area contributed by atoms with Crippen LogP contribution in [0.3, 0.4) is 0 Å². The number of rotatable bonds is 6. The fourth-order valence-corrected chi connectivity index (χ4v) is 2.50. The van der Waals surface area contributed by atoms with Crippen LogP contribution in [-0.4, -0.2) is 33.8 Å². The third kappa shape index (κ3) is 4.03. The molecule has 4 heteroatoms. The SMILES string of the molecule is Cc1ccc(O)c(CN(C)[C@@H](CCO)c2ccccc2)n1. The molecule has 21 heavy (non-hydrogen) atoms. The van der Waals surface area contributed by atoms with Crippen LogP contribution in [-0.2, 0) is 6.54 Å². The number of aliphatic hydroxyl groups is 1. The fraction of sp³-hybridized carbons (Fsp3) is 0.353. The second-order valence-corrected chi connectivity index (χ2v) is 5.27. The molecule has 2 aromatic rings. The highest BCUT2D eigenvalue weighted by atomic mass is 16.3. The van der Waals surface area contributed by atoms with Crippen LogP contribution in [0, 0.1) is 6.92 Å². The first kappa shape index (κ1) is 15.5. The topological polar surface area (TPSA) is 56.6 Å². The van der Waals surface area contributed by atoms with Crippen molar-refractivity contribution in [1.29, 1.82) is 0 Å². The van der Waals surface area contributed by atoms with Crippen molar-refractivity contribution in [1.82, 2.24) is 9.88 Å². The van der Waals surface area contributed by atoms with Crippen LogP contribution in [0.15, 0.2) is 42.5 Å². The molecular formula is C17H22N2O2. The largest absolute Gasteiger partial charge is 0.506 e. The van der Waals surface area contributed by atoms with Crippen molar-refractivity contribution in [3.05, 3.63) is 59.4 Å². The molecule has 1 aromatic heterocycles. The normalized spacial score (nSPS) is 12.6. The number of pyridine rings is 1. The maximum atomic E-state index is 9.93. The summed E-state index contributed by atoms with van der Waals surface area (Å²) in [5, 5.41) is 19.2. The average molecular weight is 286 g/mol. The molecule has 0 saturated carbocycles. The van der Waals surface area contributed by atoms with Gasteiger partial charge in [0.25, 0.3) is 0 Å². The first-order valence-electron chi connectivity index (χ1n) is 7.13. The molecule has 0 unspecified atom stereocenters. The van der Waals surface area contributed by atoms with Crippen molar-refractivity contribution in [3.8, 4) is 5.75 Å². The van der Waals surface area contributed by atoms with Crippen LogP contribution in [0.2, 0.25) is 0 Å². The maximum Gasteiger partial charge on any atom is 0.138 e. The predicted octanol–water partition coefficient (Wildman–Crippen LogP) is 2.65. The second-order valence-electron chi connectivity index (χ2n) is 5.27. The van der Waals surface area contributed by atoms with E-state index in [0.717, 1.165) is 11.3 Å². The lowest BCUT2D eigenvalue weighted by Crippen LogP contribution is -2.25. The molecular weight excluding hydrogens is 264 g/mol. The molecule has 0 radical (unpaired) electrons. The van der Waals surface area contributed by atoms with Crippen LogP contribution in [0.5, 0.6) is 5.75 Å². The lowest BCUT2D eigenvalue weighted by molar-refractivity contribution is 0.177. The molecule has 112 valence electrons. The van der Waals surface area contributed by atoms with Crippen LogP contribution in [0.25, 0.3) is 0 Å². The third-order valence-electron chi connectivity index (χ3n) is 3.61. The first-order valence-corrected chi connectivity index (χ1v) is 7.13. The van der Waals surface area contributed by atoms with E-state index in [2.05, 4.69) is 22.0 Å². The first-order chi connectivity index (χ1) is 10.1. The molecule has 0 saturated heterocycles. The molecule has 4 nitrogen and oxygen atoms in total. The molecule has 0 aliphatic heterocycles. The lowest BCUT2D eigenvalue weighted by Gasteiger charge is -2.28. The highest BCUT2D eigenvalue weighted by Crippen LogP contribution is 2.26. The van der Waals surface area contributed by atoms with Gasteiger partial charge < -0.3 is 10.2 Å². The van der Waals surface area contributed by atoms with Crippen LogP contribution < -0.4 is 0 Å². The Kier molecular flexibility index (Phi) is 5.31. The maximum absolute atomic E-state index is 9.93. The predicted molar refractivity (Wildman–Crippen MR) is 83.0 cm³/mol. The Balaban J connectivity index is 2.19. The van der Waals surface area contributed by atoms with Crippen molar-refractivity contribution in [2.75, 3.05) is 13.7 Å². The van der Waals surface area contributed by atoms with E-state index in [1.54, 1.807) is 12.1 Å². The van der Waals surface area contributed by atoms with Gasteiger partial charge in [-0.1, -0.05) is 30.3 Å².